The number of nitrogens with two attached hydrogens (primary N) is 1. The highest BCUT2D eigenvalue weighted by molar-refractivity contribution is 5.77. The molecular weight excluding hydrogens is 277 g/mol. The van der Waals surface area contributed by atoms with E-state index in [1.165, 1.54) is 12.1 Å². The number of anilines is 1. The van der Waals surface area contributed by atoms with Gasteiger partial charge in [-0.2, -0.15) is 5.26 Å². The fourth-order valence-electron chi connectivity index (χ4n) is 2.36. The molecule has 0 aliphatic carbocycles. The van der Waals surface area contributed by atoms with Crippen molar-refractivity contribution in [2.24, 2.45) is 0 Å². The molecule has 0 radical (unpaired) electrons. The van der Waals surface area contributed by atoms with Crippen molar-refractivity contribution in [1.82, 2.24) is 0 Å². The van der Waals surface area contributed by atoms with Crippen molar-refractivity contribution in [3.8, 4) is 28.5 Å². The van der Waals surface area contributed by atoms with Crippen LogP contribution in [-0.2, 0) is 0 Å². The molecule has 106 valence electrons. The summed E-state index contributed by atoms with van der Waals surface area (Å²) >= 11 is 0. The number of nitriles is 1. The van der Waals surface area contributed by atoms with E-state index in [4.69, 9.17) is 5.73 Å². The second-order valence-electron chi connectivity index (χ2n) is 4.87. The van der Waals surface area contributed by atoms with Gasteiger partial charge in [0.1, 0.15) is 23.1 Å². The monoisotopic (exact) mass is 290 g/mol. The Bertz CT molecular complexity index is 850. The van der Waals surface area contributed by atoms with Crippen LogP contribution >= 0.6 is 0 Å². The molecule has 4 heteroatoms. The van der Waals surface area contributed by atoms with E-state index in [-0.39, 0.29) is 5.82 Å². The lowest BCUT2D eigenvalue weighted by Gasteiger charge is -2.07. The topological polar surface area (TPSA) is 64.0 Å². The highest BCUT2D eigenvalue weighted by Gasteiger charge is 2.16. The van der Waals surface area contributed by atoms with Gasteiger partial charge >= 0.3 is 0 Å². The van der Waals surface area contributed by atoms with Crippen molar-refractivity contribution in [3.63, 3.8) is 0 Å². The summed E-state index contributed by atoms with van der Waals surface area (Å²) in [5.41, 5.74) is 9.57. The first kappa shape index (κ1) is 13.8. The van der Waals surface area contributed by atoms with E-state index in [9.17, 15) is 9.65 Å². The zero-order valence-electron chi connectivity index (χ0n) is 11.7. The van der Waals surface area contributed by atoms with Crippen LogP contribution in [0.4, 0.5) is 10.2 Å². The maximum Gasteiger partial charge on any atom is 0.289 e. The molecule has 0 atom stereocenters. The van der Waals surface area contributed by atoms with E-state index in [2.05, 4.69) is 11.1 Å². The second-order valence-corrected chi connectivity index (χ2v) is 4.87. The average molecular weight is 290 g/mol. The molecule has 3 nitrogen and oxygen atoms in total. The van der Waals surface area contributed by atoms with E-state index >= 15 is 0 Å². The van der Waals surface area contributed by atoms with Crippen molar-refractivity contribution in [1.29, 1.82) is 5.26 Å². The molecule has 0 fully saturated rings. The molecule has 2 aromatic carbocycles. The van der Waals surface area contributed by atoms with Gasteiger partial charge in [0.25, 0.3) is 5.82 Å². The van der Waals surface area contributed by atoms with Crippen LogP contribution in [0, 0.1) is 17.1 Å². The zero-order valence-corrected chi connectivity index (χ0v) is 11.7. The van der Waals surface area contributed by atoms with Crippen LogP contribution in [0.25, 0.3) is 22.4 Å². The highest BCUT2D eigenvalue weighted by atomic mass is 19.1. The minimum Gasteiger partial charge on any atom is -0.286 e. The highest BCUT2D eigenvalue weighted by Crippen LogP contribution is 2.28. The zero-order chi connectivity index (χ0) is 15.5. The molecule has 3 rings (SSSR count). The quantitative estimate of drug-likeness (QED) is 0.786. The van der Waals surface area contributed by atoms with Gasteiger partial charge in [-0.15, -0.1) is 0 Å². The third kappa shape index (κ3) is 2.52. The number of H-pyrrole nitrogens is 1. The number of nitrogen functional groups attached to an aromatic ring is 1. The van der Waals surface area contributed by atoms with Gasteiger partial charge in [0, 0.05) is 11.1 Å². The molecule has 0 saturated carbocycles. The summed E-state index contributed by atoms with van der Waals surface area (Å²) in [5, 5.41) is 9.36. The van der Waals surface area contributed by atoms with Crippen molar-refractivity contribution in [2.45, 2.75) is 0 Å². The maximum atomic E-state index is 13.1. The molecule has 0 spiro atoms. The van der Waals surface area contributed by atoms with Crippen molar-refractivity contribution in [3.05, 3.63) is 72.0 Å². The number of halogens is 1. The predicted molar refractivity (Wildman–Crippen MR) is 83.0 cm³/mol. The number of aromatic amines is 1. The number of hydrogen-bond acceptors (Lipinski definition) is 2. The number of rotatable bonds is 2. The Morgan fingerprint density at radius 1 is 0.955 bits per heavy atom. The summed E-state index contributed by atoms with van der Waals surface area (Å²) in [5.74, 6) is -0.00294. The van der Waals surface area contributed by atoms with Gasteiger partial charge < -0.3 is 0 Å². The smallest absolute Gasteiger partial charge is 0.286 e. The van der Waals surface area contributed by atoms with Crippen molar-refractivity contribution in [2.75, 3.05) is 5.73 Å². The molecule has 0 amide bonds. The summed E-state index contributed by atoms with van der Waals surface area (Å²) in [7, 11) is 0. The van der Waals surface area contributed by atoms with Gasteiger partial charge in [-0.1, -0.05) is 30.3 Å². The van der Waals surface area contributed by atoms with Gasteiger partial charge in [0.05, 0.1) is 0 Å². The van der Waals surface area contributed by atoms with Crippen molar-refractivity contribution >= 4 is 5.82 Å². The van der Waals surface area contributed by atoms with Gasteiger partial charge in [-0.25, -0.2) is 9.37 Å². The summed E-state index contributed by atoms with van der Waals surface area (Å²) in [6.07, 6.45) is 0. The molecule has 3 aromatic rings. The first-order chi connectivity index (χ1) is 10.7. The molecule has 0 bridgehead atoms. The van der Waals surface area contributed by atoms with Gasteiger partial charge in [-0.3, -0.25) is 5.73 Å². The predicted octanol–water partition coefficient (Wildman–Crippen LogP) is 3.43. The van der Waals surface area contributed by atoms with E-state index in [1.807, 2.05) is 36.4 Å². The van der Waals surface area contributed by atoms with Crippen LogP contribution < -0.4 is 10.7 Å². The Kier molecular flexibility index (Phi) is 3.55. The summed E-state index contributed by atoms with van der Waals surface area (Å²) in [6.45, 7) is 0. The molecule has 1 aromatic heterocycles. The molecular formula is C18H13FN3+. The first-order valence-electron chi connectivity index (χ1n) is 6.76. The van der Waals surface area contributed by atoms with Gasteiger partial charge in [-0.05, 0) is 35.9 Å². The largest absolute Gasteiger partial charge is 0.289 e. The van der Waals surface area contributed by atoms with Crippen LogP contribution in [0.5, 0.6) is 0 Å². The number of hydrogen-bond donors (Lipinski definition) is 1. The number of nitrogens with zero attached hydrogens (tertiary/aromatic N) is 1. The lowest BCUT2D eigenvalue weighted by molar-refractivity contribution is -0.346. The minimum absolute atomic E-state index is 0.295. The van der Waals surface area contributed by atoms with Crippen LogP contribution in [0.2, 0.25) is 0 Å². The van der Waals surface area contributed by atoms with E-state index in [0.717, 1.165) is 22.4 Å². The SMILES string of the molecule is N#Cc1c(-c2ccccc2)cc(-c2ccc(F)cc2)[nH+]c1N. The number of pyridine rings is 1. The van der Waals surface area contributed by atoms with Crippen LogP contribution in [0.3, 0.4) is 0 Å². The Balaban J connectivity index is 2.21. The summed E-state index contributed by atoms with van der Waals surface area (Å²) in [4.78, 5) is 3.01. The Morgan fingerprint density at radius 3 is 2.27 bits per heavy atom. The van der Waals surface area contributed by atoms with E-state index in [0.29, 0.717) is 11.4 Å². The Labute approximate surface area is 127 Å². The lowest BCUT2D eigenvalue weighted by atomic mass is 9.98. The molecule has 0 aliphatic rings. The Hall–Kier alpha value is -3.19. The number of nitrogens with one attached hydrogen (secondary N) is 1. The van der Waals surface area contributed by atoms with Crippen LogP contribution in [0.1, 0.15) is 5.56 Å². The van der Waals surface area contributed by atoms with E-state index < -0.39 is 0 Å². The third-order valence-corrected chi connectivity index (χ3v) is 3.45. The maximum absolute atomic E-state index is 13.1. The van der Waals surface area contributed by atoms with Crippen LogP contribution in [-0.4, -0.2) is 0 Å². The minimum atomic E-state index is -0.298. The van der Waals surface area contributed by atoms with Gasteiger partial charge in [0.2, 0.25) is 0 Å². The number of aromatic nitrogens is 1. The average Bonchev–Trinajstić information content (AvgIpc) is 2.55. The van der Waals surface area contributed by atoms with Gasteiger partial charge in [0.15, 0.2) is 0 Å². The molecule has 22 heavy (non-hydrogen) atoms. The molecule has 0 unspecified atom stereocenters. The lowest BCUT2D eigenvalue weighted by Crippen LogP contribution is -2.16. The molecule has 0 saturated heterocycles. The standard InChI is InChI=1S/C18H12FN3/c19-14-8-6-13(7-9-14)17-10-15(12-4-2-1-3-5-12)16(11-20)18(21)22-17/h1-10H,(H2,21,22)/p+1. The first-order valence-corrected chi connectivity index (χ1v) is 6.76. The summed E-state index contributed by atoms with van der Waals surface area (Å²) < 4.78 is 13.1. The fraction of sp³-hybridized carbons (Fsp3) is 0. The van der Waals surface area contributed by atoms with E-state index in [1.54, 1.807) is 12.1 Å². The third-order valence-electron chi connectivity index (χ3n) is 3.45. The summed E-state index contributed by atoms with van der Waals surface area (Å²) in [6, 6.07) is 19.7. The van der Waals surface area contributed by atoms with Crippen LogP contribution in [0.15, 0.2) is 60.7 Å². The second kappa shape index (κ2) is 5.66. The normalized spacial score (nSPS) is 10.2. The molecule has 0 aliphatic heterocycles. The van der Waals surface area contributed by atoms with Crippen molar-refractivity contribution < 1.29 is 9.37 Å². The molecule has 3 N–H and O–H groups in total. The number of benzene rings is 2. The fourth-order valence-corrected chi connectivity index (χ4v) is 2.36. The molecule has 1 heterocycles. The Morgan fingerprint density at radius 2 is 1.64 bits per heavy atom.